The summed E-state index contributed by atoms with van der Waals surface area (Å²) in [4.78, 5) is 22.2. The Morgan fingerprint density at radius 1 is 1.13 bits per heavy atom. The summed E-state index contributed by atoms with van der Waals surface area (Å²) in [6, 6.07) is 8.51. The summed E-state index contributed by atoms with van der Waals surface area (Å²) >= 11 is 11.7. The standard InChI is InChI=1S/C15H11Cl2NO5/c1-22-13-5-3-10(18(20)21)8-14(13)23-15(19)7-9-2-4-11(16)12(17)6-9/h2-6,8H,7H2,1H3. The molecule has 2 aromatic rings. The molecular formula is C15H11Cl2NO5. The molecule has 0 aromatic heterocycles. The van der Waals surface area contributed by atoms with Gasteiger partial charge in [-0.3, -0.25) is 14.9 Å². The van der Waals surface area contributed by atoms with Gasteiger partial charge in [-0.1, -0.05) is 29.3 Å². The minimum Gasteiger partial charge on any atom is -0.493 e. The third-order valence-electron chi connectivity index (χ3n) is 2.91. The second-order valence-corrected chi connectivity index (χ2v) is 5.31. The molecule has 0 aliphatic carbocycles. The maximum absolute atomic E-state index is 12.0. The van der Waals surface area contributed by atoms with Crippen molar-refractivity contribution in [1.29, 1.82) is 0 Å². The predicted octanol–water partition coefficient (Wildman–Crippen LogP) is 4.06. The Bertz CT molecular complexity index is 764. The molecule has 6 nitrogen and oxygen atoms in total. The molecule has 23 heavy (non-hydrogen) atoms. The van der Waals surface area contributed by atoms with Crippen molar-refractivity contribution >= 4 is 34.9 Å². The van der Waals surface area contributed by atoms with Gasteiger partial charge in [-0.15, -0.1) is 0 Å². The Hall–Kier alpha value is -2.31. The fraction of sp³-hybridized carbons (Fsp3) is 0.133. The molecule has 0 amide bonds. The average molecular weight is 356 g/mol. The molecule has 0 N–H and O–H groups in total. The molecule has 0 atom stereocenters. The van der Waals surface area contributed by atoms with E-state index in [0.717, 1.165) is 6.07 Å². The van der Waals surface area contributed by atoms with E-state index in [1.807, 2.05) is 0 Å². The Morgan fingerprint density at radius 2 is 1.87 bits per heavy atom. The molecule has 0 aliphatic heterocycles. The summed E-state index contributed by atoms with van der Waals surface area (Å²) in [5.74, 6) is -0.410. The molecule has 2 aromatic carbocycles. The van der Waals surface area contributed by atoms with Crippen molar-refractivity contribution in [2.24, 2.45) is 0 Å². The van der Waals surface area contributed by atoms with Crippen LogP contribution < -0.4 is 9.47 Å². The van der Waals surface area contributed by atoms with E-state index in [9.17, 15) is 14.9 Å². The Labute approximate surface area is 141 Å². The van der Waals surface area contributed by atoms with Gasteiger partial charge in [0.05, 0.1) is 34.6 Å². The lowest BCUT2D eigenvalue weighted by Gasteiger charge is -2.09. The lowest BCUT2D eigenvalue weighted by molar-refractivity contribution is -0.384. The minimum atomic E-state index is -0.609. The summed E-state index contributed by atoms with van der Waals surface area (Å²) in [6.45, 7) is 0. The van der Waals surface area contributed by atoms with Crippen LogP contribution in [0.1, 0.15) is 5.56 Å². The minimum absolute atomic E-state index is 0.0215. The van der Waals surface area contributed by atoms with Crippen LogP contribution in [-0.2, 0) is 11.2 Å². The first-order valence-electron chi connectivity index (χ1n) is 6.37. The predicted molar refractivity (Wildman–Crippen MR) is 85.4 cm³/mol. The number of carbonyl (C=O) groups is 1. The van der Waals surface area contributed by atoms with Crippen molar-refractivity contribution in [3.8, 4) is 11.5 Å². The van der Waals surface area contributed by atoms with Crippen LogP contribution >= 0.6 is 23.2 Å². The SMILES string of the molecule is COc1ccc([N+](=O)[O-])cc1OC(=O)Cc1ccc(Cl)c(Cl)c1. The van der Waals surface area contributed by atoms with Gasteiger partial charge in [-0.2, -0.15) is 0 Å². The van der Waals surface area contributed by atoms with Crippen molar-refractivity contribution in [3.63, 3.8) is 0 Å². The summed E-state index contributed by atoms with van der Waals surface area (Å²) in [7, 11) is 1.37. The van der Waals surface area contributed by atoms with Crippen molar-refractivity contribution in [2.75, 3.05) is 7.11 Å². The highest BCUT2D eigenvalue weighted by molar-refractivity contribution is 6.42. The zero-order chi connectivity index (χ0) is 17.0. The van der Waals surface area contributed by atoms with E-state index in [-0.39, 0.29) is 23.6 Å². The fourth-order valence-electron chi connectivity index (χ4n) is 1.83. The van der Waals surface area contributed by atoms with E-state index in [4.69, 9.17) is 32.7 Å². The number of nitrogens with zero attached hydrogens (tertiary/aromatic N) is 1. The smallest absolute Gasteiger partial charge is 0.315 e. The third-order valence-corrected chi connectivity index (χ3v) is 3.65. The molecule has 8 heteroatoms. The van der Waals surface area contributed by atoms with Gasteiger partial charge in [0.2, 0.25) is 0 Å². The second kappa shape index (κ2) is 7.30. The summed E-state index contributed by atoms with van der Waals surface area (Å²) in [5.41, 5.74) is 0.400. The van der Waals surface area contributed by atoms with Crippen molar-refractivity contribution in [1.82, 2.24) is 0 Å². The van der Waals surface area contributed by atoms with Crippen LogP contribution in [0.15, 0.2) is 36.4 Å². The van der Waals surface area contributed by atoms with E-state index in [0.29, 0.717) is 15.6 Å². The maximum Gasteiger partial charge on any atom is 0.315 e. The summed E-state index contributed by atoms with van der Waals surface area (Å²) in [5, 5.41) is 11.5. The molecule has 0 unspecified atom stereocenters. The number of non-ortho nitro benzene ring substituents is 1. The number of esters is 1. The summed E-state index contributed by atoms with van der Waals surface area (Å²) < 4.78 is 10.2. The zero-order valence-electron chi connectivity index (χ0n) is 11.9. The Kier molecular flexibility index (Phi) is 5.41. The number of halogens is 2. The molecule has 0 saturated heterocycles. The number of rotatable bonds is 5. The molecule has 0 radical (unpaired) electrons. The first kappa shape index (κ1) is 17.1. The van der Waals surface area contributed by atoms with Gasteiger partial charge >= 0.3 is 5.97 Å². The highest BCUT2D eigenvalue weighted by Crippen LogP contribution is 2.31. The van der Waals surface area contributed by atoms with E-state index in [1.165, 1.54) is 19.2 Å². The van der Waals surface area contributed by atoms with Crippen LogP contribution in [0.4, 0.5) is 5.69 Å². The zero-order valence-corrected chi connectivity index (χ0v) is 13.4. The highest BCUT2D eigenvalue weighted by Gasteiger charge is 2.16. The van der Waals surface area contributed by atoms with Crippen LogP contribution in [0, 0.1) is 10.1 Å². The second-order valence-electron chi connectivity index (χ2n) is 4.49. The monoisotopic (exact) mass is 355 g/mol. The normalized spacial score (nSPS) is 10.2. The molecule has 120 valence electrons. The van der Waals surface area contributed by atoms with Gasteiger partial charge in [0, 0.05) is 6.07 Å². The molecule has 0 spiro atoms. The van der Waals surface area contributed by atoms with Gasteiger partial charge in [0.25, 0.3) is 5.69 Å². The van der Waals surface area contributed by atoms with Gasteiger partial charge in [-0.25, -0.2) is 0 Å². The van der Waals surface area contributed by atoms with Crippen molar-refractivity contribution in [3.05, 3.63) is 62.1 Å². The number of methoxy groups -OCH3 is 1. The Balaban J connectivity index is 2.17. The van der Waals surface area contributed by atoms with Gasteiger partial charge in [-0.05, 0) is 23.8 Å². The van der Waals surface area contributed by atoms with Gasteiger partial charge < -0.3 is 9.47 Å². The van der Waals surface area contributed by atoms with E-state index >= 15 is 0 Å². The van der Waals surface area contributed by atoms with Crippen LogP contribution in [0.25, 0.3) is 0 Å². The Morgan fingerprint density at radius 3 is 2.48 bits per heavy atom. The fourth-order valence-corrected chi connectivity index (χ4v) is 2.15. The third kappa shape index (κ3) is 4.34. The highest BCUT2D eigenvalue weighted by atomic mass is 35.5. The molecule has 0 bridgehead atoms. The number of nitro benzene ring substituents is 1. The van der Waals surface area contributed by atoms with Crippen LogP contribution in [-0.4, -0.2) is 18.0 Å². The first-order valence-corrected chi connectivity index (χ1v) is 7.13. The largest absolute Gasteiger partial charge is 0.493 e. The van der Waals surface area contributed by atoms with Crippen LogP contribution in [0.3, 0.4) is 0 Å². The number of benzene rings is 2. The van der Waals surface area contributed by atoms with E-state index in [2.05, 4.69) is 0 Å². The lowest BCUT2D eigenvalue weighted by atomic mass is 10.1. The van der Waals surface area contributed by atoms with Gasteiger partial charge in [0.15, 0.2) is 11.5 Å². The summed E-state index contributed by atoms with van der Waals surface area (Å²) in [6.07, 6.45) is -0.0667. The average Bonchev–Trinajstić information content (AvgIpc) is 2.50. The first-order chi connectivity index (χ1) is 10.9. The van der Waals surface area contributed by atoms with Crippen molar-refractivity contribution in [2.45, 2.75) is 6.42 Å². The molecule has 2 rings (SSSR count). The number of carbonyl (C=O) groups excluding carboxylic acids is 1. The number of hydrogen-bond acceptors (Lipinski definition) is 5. The quantitative estimate of drug-likeness (QED) is 0.349. The molecular weight excluding hydrogens is 345 g/mol. The van der Waals surface area contributed by atoms with Crippen molar-refractivity contribution < 1.29 is 19.2 Å². The topological polar surface area (TPSA) is 78.7 Å². The molecule has 0 saturated carbocycles. The number of nitro groups is 1. The maximum atomic E-state index is 12.0. The lowest BCUT2D eigenvalue weighted by Crippen LogP contribution is -2.12. The van der Waals surface area contributed by atoms with E-state index < -0.39 is 10.9 Å². The molecule has 0 fully saturated rings. The number of ether oxygens (including phenoxy) is 2. The van der Waals surface area contributed by atoms with E-state index in [1.54, 1.807) is 18.2 Å². The van der Waals surface area contributed by atoms with Crippen LogP contribution in [0.5, 0.6) is 11.5 Å². The molecule has 0 aliphatic rings. The number of hydrogen-bond donors (Lipinski definition) is 0. The van der Waals surface area contributed by atoms with Gasteiger partial charge in [0.1, 0.15) is 0 Å². The molecule has 0 heterocycles. The van der Waals surface area contributed by atoms with Crippen LogP contribution in [0.2, 0.25) is 10.0 Å².